The first-order valence-corrected chi connectivity index (χ1v) is 4.38. The van der Waals surface area contributed by atoms with E-state index in [4.69, 9.17) is 5.11 Å². The Morgan fingerprint density at radius 3 is 1.04 bits per heavy atom. The Hall–Kier alpha value is -0.843. The van der Waals surface area contributed by atoms with Crippen LogP contribution in [0.2, 0.25) is 0 Å². The number of halogens is 13. The van der Waals surface area contributed by atoms with E-state index >= 15 is 0 Å². The summed E-state index contributed by atoms with van der Waals surface area (Å²) < 4.78 is 159. The Kier molecular flexibility index (Phi) is 6.27. The number of alkyl halides is 13. The molecule has 0 aromatic heterocycles. The molecule has 0 amide bonds. The molecular weight excluding hydrogens is 370 g/mol. The van der Waals surface area contributed by atoms with Crippen LogP contribution in [-0.2, 0) is 4.79 Å². The van der Waals surface area contributed by atoms with Crippen molar-refractivity contribution in [3.63, 3.8) is 0 Å². The van der Waals surface area contributed by atoms with Gasteiger partial charge >= 0.3 is 41.8 Å². The average Bonchev–Trinajstić information content (AvgIpc) is 2.25. The SMILES string of the molecule is O=C(O)C(F)(F)C(F)(F)C(F)(F)C(F)(F)C(F)(F)C(F)(F)F.[Li]. The second kappa shape index (κ2) is 5.90. The maximum absolute atomic E-state index is 12.6. The average molecular weight is 371 g/mol. The zero-order valence-corrected chi connectivity index (χ0v) is 10.3. The molecule has 1 radical (unpaired) electrons. The third-order valence-electron chi connectivity index (χ3n) is 2.20. The predicted octanol–water partition coefficient (Wildman–Crippen LogP) is 3.43. The molecule has 2 nitrogen and oxygen atoms in total. The predicted molar refractivity (Wildman–Crippen MR) is 44.2 cm³/mol. The van der Waals surface area contributed by atoms with Gasteiger partial charge in [-0.05, 0) is 0 Å². The summed E-state index contributed by atoms with van der Waals surface area (Å²) in [6, 6.07) is 0. The Balaban J connectivity index is 0. The Morgan fingerprint density at radius 1 is 0.565 bits per heavy atom. The van der Waals surface area contributed by atoms with E-state index in [1.165, 1.54) is 0 Å². The van der Waals surface area contributed by atoms with Gasteiger partial charge < -0.3 is 5.11 Å². The molecule has 0 rings (SSSR count). The monoisotopic (exact) mass is 371 g/mol. The minimum Gasteiger partial charge on any atom is -0.477 e. The van der Waals surface area contributed by atoms with E-state index in [-0.39, 0.29) is 18.9 Å². The zero-order chi connectivity index (χ0) is 18.6. The van der Waals surface area contributed by atoms with Crippen LogP contribution in [0.25, 0.3) is 0 Å². The van der Waals surface area contributed by atoms with E-state index in [2.05, 4.69) is 0 Å². The number of carbonyl (C=O) groups is 1. The molecule has 0 unspecified atom stereocenters. The summed E-state index contributed by atoms with van der Waals surface area (Å²) in [6.45, 7) is 0. The summed E-state index contributed by atoms with van der Waals surface area (Å²) >= 11 is 0. The van der Waals surface area contributed by atoms with Gasteiger partial charge in [-0.2, -0.15) is 57.1 Å². The van der Waals surface area contributed by atoms with Crippen LogP contribution in [0.1, 0.15) is 0 Å². The van der Waals surface area contributed by atoms with Gasteiger partial charge in [-0.1, -0.05) is 0 Å². The fourth-order valence-corrected chi connectivity index (χ4v) is 0.904. The summed E-state index contributed by atoms with van der Waals surface area (Å²) in [6.07, 6.45) is -7.52. The van der Waals surface area contributed by atoms with Crippen LogP contribution < -0.4 is 0 Å². The van der Waals surface area contributed by atoms with Crippen molar-refractivity contribution in [3.8, 4) is 0 Å². The van der Waals surface area contributed by atoms with Crippen LogP contribution in [0.4, 0.5) is 57.1 Å². The van der Waals surface area contributed by atoms with E-state index in [1.807, 2.05) is 0 Å². The van der Waals surface area contributed by atoms with Gasteiger partial charge in [0.05, 0.1) is 0 Å². The Bertz CT molecular complexity index is 454. The van der Waals surface area contributed by atoms with E-state index in [0.29, 0.717) is 0 Å². The fourth-order valence-electron chi connectivity index (χ4n) is 0.904. The van der Waals surface area contributed by atoms with Gasteiger partial charge in [0.15, 0.2) is 0 Å². The molecule has 1 N–H and O–H groups in total. The van der Waals surface area contributed by atoms with E-state index in [9.17, 15) is 61.9 Å². The van der Waals surface area contributed by atoms with Gasteiger partial charge in [0.2, 0.25) is 0 Å². The first kappa shape index (κ1) is 24.4. The maximum atomic E-state index is 12.6. The first-order chi connectivity index (χ1) is 9.19. The summed E-state index contributed by atoms with van der Waals surface area (Å²) in [4.78, 5) is 9.67. The smallest absolute Gasteiger partial charge is 0.460 e. The molecule has 0 saturated carbocycles. The number of hydrogen-bond donors (Lipinski definition) is 1. The van der Waals surface area contributed by atoms with Crippen molar-refractivity contribution in [2.75, 3.05) is 0 Å². The molecule has 0 saturated heterocycles. The van der Waals surface area contributed by atoms with Gasteiger partial charge in [-0.3, -0.25) is 0 Å². The molecule has 133 valence electrons. The van der Waals surface area contributed by atoms with Crippen LogP contribution in [0, 0.1) is 0 Å². The fraction of sp³-hybridized carbons (Fsp3) is 0.857. The summed E-state index contributed by atoms with van der Waals surface area (Å²) in [5.41, 5.74) is 0. The third kappa shape index (κ3) is 3.09. The number of carboxylic acid groups (broad SMARTS) is 1. The van der Waals surface area contributed by atoms with Crippen LogP contribution in [0.3, 0.4) is 0 Å². The topological polar surface area (TPSA) is 37.3 Å². The number of rotatable bonds is 5. The molecule has 0 aliphatic carbocycles. The maximum Gasteiger partial charge on any atom is 0.460 e. The quantitative estimate of drug-likeness (QED) is 0.594. The first-order valence-electron chi connectivity index (χ1n) is 4.38. The van der Waals surface area contributed by atoms with E-state index in [1.54, 1.807) is 0 Å². The number of aliphatic carboxylic acids is 1. The molecule has 0 spiro atoms. The normalized spacial score (nSPS) is 15.2. The molecule has 16 heteroatoms. The van der Waals surface area contributed by atoms with Crippen LogP contribution >= 0.6 is 0 Å². The second-order valence-corrected chi connectivity index (χ2v) is 3.67. The second-order valence-electron chi connectivity index (χ2n) is 3.67. The zero-order valence-electron chi connectivity index (χ0n) is 10.3. The van der Waals surface area contributed by atoms with Gasteiger partial charge in [0, 0.05) is 18.9 Å². The minimum absolute atomic E-state index is 0. The molecule has 0 bridgehead atoms. The summed E-state index contributed by atoms with van der Waals surface area (Å²) in [7, 11) is 0. The molecular formula is C7HF13LiO2. The molecule has 0 fully saturated rings. The minimum atomic E-state index is -8.08. The van der Waals surface area contributed by atoms with Crippen LogP contribution in [0.5, 0.6) is 0 Å². The molecule has 0 aromatic carbocycles. The van der Waals surface area contributed by atoms with Crippen molar-refractivity contribution in [1.29, 1.82) is 0 Å². The van der Waals surface area contributed by atoms with Gasteiger partial charge in [0.25, 0.3) is 0 Å². The van der Waals surface area contributed by atoms with E-state index < -0.39 is 41.8 Å². The van der Waals surface area contributed by atoms with Gasteiger partial charge in [0.1, 0.15) is 0 Å². The summed E-state index contributed by atoms with van der Waals surface area (Å²) in [5.74, 6) is -43.0. The molecule has 0 aromatic rings. The summed E-state index contributed by atoms with van der Waals surface area (Å²) in [5, 5.41) is 7.55. The van der Waals surface area contributed by atoms with Crippen LogP contribution in [-0.4, -0.2) is 65.7 Å². The van der Waals surface area contributed by atoms with Crippen LogP contribution in [0.15, 0.2) is 0 Å². The third-order valence-corrected chi connectivity index (χ3v) is 2.20. The number of carboxylic acids is 1. The molecule has 0 heterocycles. The van der Waals surface area contributed by atoms with Gasteiger partial charge in [-0.15, -0.1) is 0 Å². The largest absolute Gasteiger partial charge is 0.477 e. The van der Waals surface area contributed by atoms with Crippen molar-refractivity contribution >= 4 is 24.8 Å². The molecule has 23 heavy (non-hydrogen) atoms. The molecule has 0 aliphatic rings. The Labute approximate surface area is 128 Å². The molecule has 0 aliphatic heterocycles. The van der Waals surface area contributed by atoms with Crippen molar-refractivity contribution < 1.29 is 67.0 Å². The standard InChI is InChI=1S/C7HF13O2.Li/c8-2(9,1(21)22)3(10,11)4(12,13)5(14,15)6(16,17)7(18,19)20;/h(H,21,22);. The van der Waals surface area contributed by atoms with Gasteiger partial charge in [-0.25, -0.2) is 4.79 Å². The van der Waals surface area contributed by atoms with E-state index in [0.717, 1.165) is 0 Å². The molecule has 0 atom stereocenters. The number of hydrogen-bond acceptors (Lipinski definition) is 1. The van der Waals surface area contributed by atoms with Crippen molar-refractivity contribution in [2.24, 2.45) is 0 Å². The Morgan fingerprint density at radius 2 is 0.826 bits per heavy atom. The van der Waals surface area contributed by atoms with Crippen molar-refractivity contribution in [1.82, 2.24) is 0 Å². The van der Waals surface area contributed by atoms with Crippen molar-refractivity contribution in [2.45, 2.75) is 35.8 Å². The van der Waals surface area contributed by atoms with Crippen molar-refractivity contribution in [3.05, 3.63) is 0 Å².